The van der Waals surface area contributed by atoms with Crippen LogP contribution in [0, 0.1) is 0 Å². The van der Waals surface area contributed by atoms with Gasteiger partial charge in [-0.2, -0.15) is 0 Å². The fourth-order valence-corrected chi connectivity index (χ4v) is 9.02. The molecule has 0 nitrogen and oxygen atoms in total. The van der Waals surface area contributed by atoms with Crippen molar-refractivity contribution in [3.63, 3.8) is 0 Å². The van der Waals surface area contributed by atoms with E-state index in [0.29, 0.717) is 7.92 Å². The second-order valence-corrected chi connectivity index (χ2v) is 16.1. The average molecular weight is 581 g/mol. The van der Waals surface area contributed by atoms with E-state index in [0.717, 1.165) is 0 Å². The largest absolute Gasteiger partial charge is 0.107 e. The molecule has 0 aromatic heterocycles. The Morgan fingerprint density at radius 3 is 0.525 bits per heavy atom. The third kappa shape index (κ3) is 34.6. The molecule has 0 bridgehead atoms. The number of hydrogen-bond donors (Lipinski definition) is 0. The van der Waals surface area contributed by atoms with Crippen molar-refractivity contribution < 1.29 is 0 Å². The van der Waals surface area contributed by atoms with Crippen molar-refractivity contribution in [3.05, 3.63) is 0 Å². The Balaban J connectivity index is 3.89. The first-order chi connectivity index (χ1) is 19.8. The molecule has 0 aliphatic rings. The Morgan fingerprint density at radius 1 is 0.200 bits per heavy atom. The van der Waals surface area contributed by atoms with Crippen LogP contribution in [0.5, 0.6) is 0 Å². The normalized spacial score (nSPS) is 11.7. The zero-order chi connectivity index (χ0) is 29.0. The minimum atomic E-state index is 0.330. The Kier molecular flexibility index (Phi) is 37.9. The predicted molar refractivity (Wildman–Crippen MR) is 191 cm³/mol. The average Bonchev–Trinajstić information content (AvgIpc) is 2.97. The molecule has 0 radical (unpaired) electrons. The van der Waals surface area contributed by atoms with E-state index in [-0.39, 0.29) is 0 Å². The van der Waals surface area contributed by atoms with E-state index < -0.39 is 0 Å². The molecule has 0 aliphatic carbocycles. The Morgan fingerprint density at radius 2 is 0.350 bits per heavy atom. The molecule has 0 aromatic rings. The van der Waals surface area contributed by atoms with Gasteiger partial charge in [0.15, 0.2) is 0 Å². The van der Waals surface area contributed by atoms with Gasteiger partial charge in [0.05, 0.1) is 0 Å². The third-order valence-electron chi connectivity index (χ3n) is 9.23. The van der Waals surface area contributed by atoms with Gasteiger partial charge in [-0.15, -0.1) is 7.92 Å². The van der Waals surface area contributed by atoms with Crippen LogP contribution in [0.25, 0.3) is 0 Å². The summed E-state index contributed by atoms with van der Waals surface area (Å²) in [5.41, 5.74) is 0. The molecule has 0 aromatic carbocycles. The number of rotatable bonds is 36. The van der Waals surface area contributed by atoms with E-state index in [1.807, 2.05) is 0 Å². The van der Waals surface area contributed by atoms with Crippen molar-refractivity contribution in [2.75, 3.05) is 18.5 Å². The van der Waals surface area contributed by atoms with E-state index >= 15 is 0 Å². The van der Waals surface area contributed by atoms with E-state index in [2.05, 4.69) is 20.8 Å². The highest BCUT2D eigenvalue weighted by Crippen LogP contribution is 2.39. The van der Waals surface area contributed by atoms with Crippen LogP contribution in [-0.2, 0) is 0 Å². The lowest BCUT2D eigenvalue weighted by atomic mass is 10.1. The maximum absolute atomic E-state index is 2.32. The fourth-order valence-electron chi connectivity index (χ4n) is 6.33. The lowest BCUT2D eigenvalue weighted by Gasteiger charge is -2.18. The first-order valence-electron chi connectivity index (χ1n) is 19.6. The molecular formula is C39H81P. The maximum Gasteiger partial charge on any atom is -0.0326 e. The minimum absolute atomic E-state index is 0.330. The van der Waals surface area contributed by atoms with E-state index in [1.165, 1.54) is 212 Å². The van der Waals surface area contributed by atoms with Gasteiger partial charge < -0.3 is 0 Å². The van der Waals surface area contributed by atoms with Gasteiger partial charge >= 0.3 is 0 Å². The molecule has 0 fully saturated rings. The van der Waals surface area contributed by atoms with Gasteiger partial charge in [0, 0.05) is 0 Å². The van der Waals surface area contributed by atoms with Crippen LogP contribution in [0.4, 0.5) is 0 Å². The first-order valence-corrected chi connectivity index (χ1v) is 21.5. The molecule has 0 N–H and O–H groups in total. The molecule has 0 heterocycles. The lowest BCUT2D eigenvalue weighted by molar-refractivity contribution is 0.552. The smallest absolute Gasteiger partial charge is 0.0326 e. The summed E-state index contributed by atoms with van der Waals surface area (Å²) in [4.78, 5) is 0. The SMILES string of the molecule is CCCCCCCCCCCCCP(CCCCCCCCCCCCC)CCCCCCCCCCCCC. The summed E-state index contributed by atoms with van der Waals surface area (Å²) in [7, 11) is 0.330. The van der Waals surface area contributed by atoms with Crippen molar-refractivity contribution in [2.45, 2.75) is 233 Å². The van der Waals surface area contributed by atoms with Gasteiger partial charge in [0.2, 0.25) is 0 Å². The fraction of sp³-hybridized carbons (Fsp3) is 1.00. The quantitative estimate of drug-likeness (QED) is 0.0510. The summed E-state index contributed by atoms with van der Waals surface area (Å²) >= 11 is 0. The van der Waals surface area contributed by atoms with Crippen molar-refractivity contribution in [2.24, 2.45) is 0 Å². The van der Waals surface area contributed by atoms with Gasteiger partial charge in [0.1, 0.15) is 0 Å². The Hall–Kier alpha value is 0.430. The van der Waals surface area contributed by atoms with Gasteiger partial charge in [-0.3, -0.25) is 0 Å². The summed E-state index contributed by atoms with van der Waals surface area (Å²) in [6.07, 6.45) is 53.8. The summed E-state index contributed by atoms with van der Waals surface area (Å²) in [6, 6.07) is 0. The molecule has 0 unspecified atom stereocenters. The monoisotopic (exact) mass is 581 g/mol. The molecule has 0 amide bonds. The molecule has 0 aliphatic heterocycles. The van der Waals surface area contributed by atoms with E-state index in [9.17, 15) is 0 Å². The molecule has 242 valence electrons. The molecule has 0 rings (SSSR count). The highest BCUT2D eigenvalue weighted by Gasteiger charge is 2.08. The summed E-state index contributed by atoms with van der Waals surface area (Å²) in [6.45, 7) is 6.96. The molecule has 40 heavy (non-hydrogen) atoms. The van der Waals surface area contributed by atoms with Gasteiger partial charge in [-0.1, -0.05) is 213 Å². The minimum Gasteiger partial charge on any atom is -0.107 e. The first kappa shape index (κ1) is 40.4. The number of unbranched alkanes of at least 4 members (excludes halogenated alkanes) is 30. The van der Waals surface area contributed by atoms with E-state index in [1.54, 1.807) is 18.5 Å². The van der Waals surface area contributed by atoms with Crippen molar-refractivity contribution in [1.29, 1.82) is 0 Å². The van der Waals surface area contributed by atoms with Crippen LogP contribution in [-0.4, -0.2) is 18.5 Å². The summed E-state index contributed by atoms with van der Waals surface area (Å²) in [5, 5.41) is 0. The van der Waals surface area contributed by atoms with Crippen molar-refractivity contribution in [3.8, 4) is 0 Å². The molecule has 0 saturated heterocycles. The van der Waals surface area contributed by atoms with Crippen LogP contribution in [0.2, 0.25) is 0 Å². The Labute approximate surface area is 258 Å². The summed E-state index contributed by atoms with van der Waals surface area (Å²) in [5.74, 6) is 0. The van der Waals surface area contributed by atoms with Gasteiger partial charge in [-0.05, 0) is 37.7 Å². The van der Waals surface area contributed by atoms with Crippen LogP contribution < -0.4 is 0 Å². The zero-order valence-electron chi connectivity index (χ0n) is 28.9. The topological polar surface area (TPSA) is 0 Å². The van der Waals surface area contributed by atoms with Crippen LogP contribution >= 0.6 is 7.92 Å². The molecule has 0 saturated carbocycles. The Bertz CT molecular complexity index is 357. The highest BCUT2D eigenvalue weighted by molar-refractivity contribution is 7.57. The van der Waals surface area contributed by atoms with Crippen LogP contribution in [0.1, 0.15) is 233 Å². The summed E-state index contributed by atoms with van der Waals surface area (Å²) < 4.78 is 0. The molecular weight excluding hydrogens is 499 g/mol. The van der Waals surface area contributed by atoms with Crippen molar-refractivity contribution in [1.82, 2.24) is 0 Å². The molecule has 0 atom stereocenters. The second kappa shape index (κ2) is 37.5. The second-order valence-electron chi connectivity index (χ2n) is 13.4. The van der Waals surface area contributed by atoms with E-state index in [4.69, 9.17) is 0 Å². The maximum atomic E-state index is 2.32. The van der Waals surface area contributed by atoms with Gasteiger partial charge in [0.25, 0.3) is 0 Å². The third-order valence-corrected chi connectivity index (χ3v) is 12.1. The lowest BCUT2D eigenvalue weighted by Crippen LogP contribution is -1.97. The van der Waals surface area contributed by atoms with Crippen molar-refractivity contribution >= 4 is 7.92 Å². The highest BCUT2D eigenvalue weighted by atomic mass is 31.1. The zero-order valence-corrected chi connectivity index (χ0v) is 29.8. The standard InChI is InChI=1S/C39H81P/c1-4-7-10-13-16-19-22-25-28-31-34-37-40(38-35-32-29-26-23-20-17-14-11-8-5-2)39-36-33-30-27-24-21-18-15-12-9-6-3/h4-39H2,1-3H3. The number of hydrogen-bond acceptors (Lipinski definition) is 0. The molecule has 1 heteroatoms. The predicted octanol–water partition coefficient (Wildman–Crippen LogP) is 15.4. The molecule has 0 spiro atoms. The van der Waals surface area contributed by atoms with Crippen LogP contribution in [0.3, 0.4) is 0 Å². The van der Waals surface area contributed by atoms with Crippen LogP contribution in [0.15, 0.2) is 0 Å². The van der Waals surface area contributed by atoms with Gasteiger partial charge in [-0.25, -0.2) is 0 Å².